The van der Waals surface area contributed by atoms with Gasteiger partial charge in [0.1, 0.15) is 35.8 Å². The first-order valence-corrected chi connectivity index (χ1v) is 16.2. The molecule has 0 bridgehead atoms. The Morgan fingerprint density at radius 1 is 0.962 bits per heavy atom. The quantitative estimate of drug-likeness (QED) is 0.0634. The number of nitrogens with one attached hydrogen (secondary N) is 4. The molecule has 0 aliphatic carbocycles. The number of nitrogens with two attached hydrogens (primary N) is 2. The van der Waals surface area contributed by atoms with E-state index in [-0.39, 0.29) is 52.2 Å². The molecule has 2 aliphatic rings. The second-order valence-electron chi connectivity index (χ2n) is 11.3. The largest absolute Gasteiger partial charge is 0.471 e. The molecule has 0 saturated carbocycles. The fraction of sp³-hybridized carbons (Fsp3) is 0.333. The predicted octanol–water partition coefficient (Wildman–Crippen LogP) is 2.01. The van der Waals surface area contributed by atoms with Gasteiger partial charge in [-0.2, -0.15) is 30.5 Å². The van der Waals surface area contributed by atoms with Crippen LogP contribution in [0.2, 0.25) is 0 Å². The van der Waals surface area contributed by atoms with E-state index in [0.29, 0.717) is 41.7 Å². The smallest absolute Gasteiger partial charge is 0.382 e. The minimum atomic E-state index is -0.349. The van der Waals surface area contributed by atoms with Gasteiger partial charge in [0.25, 0.3) is 5.82 Å². The van der Waals surface area contributed by atoms with E-state index in [4.69, 9.17) is 16.9 Å². The molecule has 22 nitrogen and oxygen atoms in total. The summed E-state index contributed by atoms with van der Waals surface area (Å²) >= 11 is 0. The number of hydrogen-bond acceptors (Lipinski definition) is 16. The van der Waals surface area contributed by atoms with Gasteiger partial charge >= 0.3 is 5.96 Å². The highest BCUT2D eigenvalue weighted by Gasteiger charge is 2.26. The molecule has 0 amide bonds. The molecule has 264 valence electrons. The van der Waals surface area contributed by atoms with Crippen molar-refractivity contribution in [2.24, 2.45) is 25.4 Å². The molecule has 6 rings (SSSR count). The second-order valence-corrected chi connectivity index (χ2v) is 11.3. The van der Waals surface area contributed by atoms with E-state index < -0.39 is 0 Å². The highest BCUT2D eigenvalue weighted by molar-refractivity contribution is 6.04. The van der Waals surface area contributed by atoms with Gasteiger partial charge in [-0.15, -0.1) is 25.6 Å². The Labute approximate surface area is 296 Å². The number of nitriles is 2. The molecular formula is C30H35N22+. The summed E-state index contributed by atoms with van der Waals surface area (Å²) in [5.41, 5.74) is 15.5. The SMILES string of the molecule is CC/C(=C\C(=NC=N)n1nc(C)c(N=Nc2c(C#N)cnn2C2=[N+]=CCCN2)c1N)n1nc(C)c(N=Nc2c(C#N)cnn2C2NCCCN2)c1N. The molecule has 4 aromatic heterocycles. The molecule has 0 spiro atoms. The molecule has 0 unspecified atom stereocenters. The van der Waals surface area contributed by atoms with Gasteiger partial charge in [-0.25, -0.2) is 19.0 Å². The number of aromatic nitrogens is 8. The Hall–Kier alpha value is -7.13. The molecule has 2 aliphatic heterocycles. The van der Waals surface area contributed by atoms with Crippen LogP contribution in [0.5, 0.6) is 0 Å². The van der Waals surface area contributed by atoms with Crippen LogP contribution in [0.1, 0.15) is 55.0 Å². The van der Waals surface area contributed by atoms with Crippen molar-refractivity contribution in [1.82, 2.24) is 59.7 Å². The maximum absolute atomic E-state index is 9.69. The first-order valence-electron chi connectivity index (χ1n) is 16.2. The van der Waals surface area contributed by atoms with Crippen LogP contribution < -0.4 is 32.1 Å². The number of hydrogen-bond donors (Lipinski definition) is 6. The highest BCUT2D eigenvalue weighted by Crippen LogP contribution is 2.33. The molecule has 52 heavy (non-hydrogen) atoms. The van der Waals surface area contributed by atoms with Gasteiger partial charge < -0.3 is 11.5 Å². The Morgan fingerprint density at radius 2 is 1.60 bits per heavy atom. The van der Waals surface area contributed by atoms with Gasteiger partial charge in [0.15, 0.2) is 41.0 Å². The maximum Gasteiger partial charge on any atom is 0.471 e. The lowest BCUT2D eigenvalue weighted by Crippen LogP contribution is -2.45. The van der Waals surface area contributed by atoms with Crippen LogP contribution in [0.25, 0.3) is 5.70 Å². The number of allylic oxidation sites excluding steroid dienone is 2. The van der Waals surface area contributed by atoms with E-state index in [0.717, 1.165) is 32.3 Å². The number of aryl methyl sites for hydroxylation is 2. The van der Waals surface area contributed by atoms with Crippen LogP contribution in [0.15, 0.2) is 43.9 Å². The normalized spacial score (nSPS) is 15.6. The zero-order chi connectivity index (χ0) is 36.8. The predicted molar refractivity (Wildman–Crippen MR) is 192 cm³/mol. The average molecular weight is 704 g/mol. The van der Waals surface area contributed by atoms with Crippen molar-refractivity contribution in [3.05, 3.63) is 41.0 Å². The third-order valence-corrected chi connectivity index (χ3v) is 7.96. The van der Waals surface area contributed by atoms with E-state index in [9.17, 15) is 10.5 Å². The zero-order valence-corrected chi connectivity index (χ0v) is 28.5. The number of anilines is 2. The van der Waals surface area contributed by atoms with Crippen molar-refractivity contribution in [2.75, 3.05) is 31.1 Å². The Kier molecular flexibility index (Phi) is 10.1. The summed E-state index contributed by atoms with van der Waals surface area (Å²) in [6.45, 7) is 7.53. The first-order chi connectivity index (χ1) is 25.3. The number of rotatable bonds is 9. The summed E-state index contributed by atoms with van der Waals surface area (Å²) < 4.78 is 10.1. The third-order valence-electron chi connectivity index (χ3n) is 7.96. The van der Waals surface area contributed by atoms with Crippen LogP contribution in [0, 0.1) is 41.9 Å². The standard InChI is InChI=1S/C30H34N22/c1-4-21(49-25(34)23(17(2)47-49)43-45-27-19(12-31)14-41-51(27)29-36-7-5-8-37-29)11-22(40-16-33)50-26(35)24(18(3)48-50)44-46-28-20(13-32)15-42-52(28)30-38-9-6-10-39-30/h9,11,14-16,29,33,36-37H,4-8,10H2,1-3H3,(H4,34,35,41,42,45,46,47,48)/p+1/b21-11+,33-16?,40-22?. The van der Waals surface area contributed by atoms with E-state index in [2.05, 4.69) is 78.6 Å². The van der Waals surface area contributed by atoms with Crippen molar-refractivity contribution < 1.29 is 0 Å². The molecule has 4 aromatic rings. The number of nitrogens with zero attached hydrogens (tertiary/aromatic N) is 16. The topological polar surface area (TPSA) is 307 Å². The molecule has 8 N–H and O–H groups in total. The average Bonchev–Trinajstić information content (AvgIpc) is 3.92. The Balaban J connectivity index is 1.32. The van der Waals surface area contributed by atoms with E-state index in [1.807, 2.05) is 6.92 Å². The number of nitrogen functional groups attached to an aromatic ring is 2. The molecular weight excluding hydrogens is 668 g/mol. The van der Waals surface area contributed by atoms with E-state index >= 15 is 0 Å². The van der Waals surface area contributed by atoms with Gasteiger partial charge in [0, 0.05) is 18.2 Å². The third kappa shape index (κ3) is 6.71. The molecule has 22 heteroatoms. The minimum Gasteiger partial charge on any atom is -0.382 e. The Morgan fingerprint density at radius 3 is 2.23 bits per heavy atom. The van der Waals surface area contributed by atoms with E-state index in [1.54, 1.807) is 30.8 Å². The fourth-order valence-corrected chi connectivity index (χ4v) is 5.37. The maximum atomic E-state index is 9.69. The molecule has 0 atom stereocenters. The van der Waals surface area contributed by atoms with Crippen LogP contribution >= 0.6 is 0 Å². The summed E-state index contributed by atoms with van der Waals surface area (Å²) in [5.74, 6) is 1.25. The second kappa shape index (κ2) is 15.2. The van der Waals surface area contributed by atoms with Gasteiger partial charge in [-0.3, -0.25) is 21.4 Å². The molecule has 0 aromatic carbocycles. The summed E-state index contributed by atoms with van der Waals surface area (Å²) in [5, 5.41) is 71.9. The summed E-state index contributed by atoms with van der Waals surface area (Å²) in [6, 6.07) is 4.17. The van der Waals surface area contributed by atoms with Crippen molar-refractivity contribution >= 4 is 64.7 Å². The van der Waals surface area contributed by atoms with Crippen molar-refractivity contribution in [1.29, 1.82) is 15.9 Å². The van der Waals surface area contributed by atoms with Gasteiger partial charge in [-0.05, 0) is 39.8 Å². The molecule has 1 fully saturated rings. The van der Waals surface area contributed by atoms with Crippen molar-refractivity contribution in [2.45, 2.75) is 46.3 Å². The molecule has 6 heterocycles. The summed E-state index contributed by atoms with van der Waals surface area (Å²) in [4.78, 5) is 4.21. The Bertz CT molecular complexity index is 2280. The van der Waals surface area contributed by atoms with E-state index in [1.165, 1.54) is 26.4 Å². The molecule has 1 saturated heterocycles. The fourth-order valence-electron chi connectivity index (χ4n) is 5.37. The minimum absolute atomic E-state index is 0.0746. The van der Waals surface area contributed by atoms with Crippen molar-refractivity contribution in [3.63, 3.8) is 0 Å². The lowest BCUT2D eigenvalue weighted by atomic mass is 10.3. The van der Waals surface area contributed by atoms with Crippen molar-refractivity contribution in [3.8, 4) is 12.1 Å². The van der Waals surface area contributed by atoms with Crippen LogP contribution in [-0.4, -0.2) is 83.1 Å². The van der Waals surface area contributed by atoms with Gasteiger partial charge in [0.05, 0.1) is 30.3 Å². The number of aliphatic imine (C=N–C) groups is 1. The van der Waals surface area contributed by atoms with Crippen LogP contribution in [0.3, 0.4) is 0 Å². The highest BCUT2D eigenvalue weighted by atomic mass is 15.5. The van der Waals surface area contributed by atoms with Crippen LogP contribution in [0.4, 0.5) is 34.6 Å². The van der Waals surface area contributed by atoms with Gasteiger partial charge in [-0.1, -0.05) is 11.6 Å². The summed E-state index contributed by atoms with van der Waals surface area (Å²) in [6.07, 6.45) is 8.82. The monoisotopic (exact) mass is 703 g/mol. The summed E-state index contributed by atoms with van der Waals surface area (Å²) in [7, 11) is 0. The lowest BCUT2D eigenvalue weighted by Gasteiger charge is -2.25. The molecule has 0 radical (unpaired) electrons. The number of azo groups is 2. The lowest BCUT2D eigenvalue weighted by molar-refractivity contribution is 0.269. The first kappa shape index (κ1) is 34.7. The zero-order valence-electron chi connectivity index (χ0n) is 28.5. The van der Waals surface area contributed by atoms with Crippen LogP contribution in [-0.2, 0) is 0 Å². The van der Waals surface area contributed by atoms with Gasteiger partial charge in [0.2, 0.25) is 0 Å².